The van der Waals surface area contributed by atoms with E-state index in [1.807, 2.05) is 20.8 Å². The molecular formula is C22H20F3IN2O3. The summed E-state index contributed by atoms with van der Waals surface area (Å²) in [6.45, 7) is 5.97. The molecule has 0 aromatic heterocycles. The van der Waals surface area contributed by atoms with Crippen LogP contribution in [0.3, 0.4) is 0 Å². The average molecular weight is 544 g/mol. The SMILES string of the molecule is CCOc1cc(/C=C(\C#N)C(=O)Nc2cccc(C(F)(F)F)c2)cc(I)c1OC(C)C. The highest BCUT2D eigenvalue weighted by molar-refractivity contribution is 14.1. The fourth-order valence-corrected chi connectivity index (χ4v) is 3.32. The maximum absolute atomic E-state index is 12.9. The number of benzene rings is 2. The molecule has 0 bridgehead atoms. The number of carbonyl (C=O) groups is 1. The molecule has 0 saturated heterocycles. The quantitative estimate of drug-likeness (QED) is 0.262. The molecule has 0 aliphatic rings. The van der Waals surface area contributed by atoms with Crippen molar-refractivity contribution in [3.05, 3.63) is 56.7 Å². The fraction of sp³-hybridized carbons (Fsp3) is 0.273. The van der Waals surface area contributed by atoms with Gasteiger partial charge in [0.1, 0.15) is 11.6 Å². The zero-order valence-electron chi connectivity index (χ0n) is 17.0. The van der Waals surface area contributed by atoms with Gasteiger partial charge in [-0.3, -0.25) is 4.79 Å². The number of alkyl halides is 3. The van der Waals surface area contributed by atoms with Gasteiger partial charge in [0.15, 0.2) is 11.5 Å². The molecule has 0 aliphatic heterocycles. The van der Waals surface area contributed by atoms with E-state index < -0.39 is 17.6 Å². The first kappa shape index (κ1) is 24.5. The minimum atomic E-state index is -4.54. The van der Waals surface area contributed by atoms with Gasteiger partial charge in [-0.05, 0) is 85.3 Å². The number of carbonyl (C=O) groups excluding carboxylic acids is 1. The van der Waals surface area contributed by atoms with E-state index in [0.29, 0.717) is 23.7 Å². The molecule has 1 amide bonds. The molecule has 0 radical (unpaired) electrons. The van der Waals surface area contributed by atoms with Crippen LogP contribution in [0.4, 0.5) is 18.9 Å². The van der Waals surface area contributed by atoms with Crippen molar-refractivity contribution in [2.45, 2.75) is 33.1 Å². The van der Waals surface area contributed by atoms with Crippen LogP contribution >= 0.6 is 22.6 Å². The van der Waals surface area contributed by atoms with E-state index in [0.717, 1.165) is 15.7 Å². The highest BCUT2D eigenvalue weighted by Gasteiger charge is 2.30. The zero-order chi connectivity index (χ0) is 23.2. The maximum Gasteiger partial charge on any atom is 0.416 e. The Hall–Kier alpha value is -2.74. The average Bonchev–Trinajstić information content (AvgIpc) is 2.68. The predicted octanol–water partition coefficient (Wildman–Crippen LogP) is 6.04. The van der Waals surface area contributed by atoms with E-state index in [2.05, 4.69) is 27.9 Å². The second-order valence-electron chi connectivity index (χ2n) is 6.63. The first-order valence-electron chi connectivity index (χ1n) is 9.28. The lowest BCUT2D eigenvalue weighted by Gasteiger charge is -2.17. The van der Waals surface area contributed by atoms with Gasteiger partial charge in [-0.2, -0.15) is 18.4 Å². The smallest absolute Gasteiger partial charge is 0.416 e. The lowest BCUT2D eigenvalue weighted by Crippen LogP contribution is -2.14. The molecule has 0 heterocycles. The van der Waals surface area contributed by atoms with Crippen LogP contribution in [-0.2, 0) is 11.0 Å². The van der Waals surface area contributed by atoms with Crippen molar-refractivity contribution < 1.29 is 27.4 Å². The van der Waals surface area contributed by atoms with Gasteiger partial charge in [-0.25, -0.2) is 0 Å². The third-order valence-electron chi connectivity index (χ3n) is 3.81. The normalized spacial score (nSPS) is 11.8. The van der Waals surface area contributed by atoms with Crippen molar-refractivity contribution in [1.29, 1.82) is 5.26 Å². The second-order valence-corrected chi connectivity index (χ2v) is 7.79. The predicted molar refractivity (Wildman–Crippen MR) is 120 cm³/mol. The number of halogens is 4. The standard InChI is InChI=1S/C22H20F3IN2O3/c1-4-30-19-10-14(9-18(26)20(19)31-13(2)3)8-15(12-27)21(29)28-17-7-5-6-16(11-17)22(23,24)25/h5-11,13H,4H2,1-3H3,(H,28,29)/b15-8+. The molecule has 2 rings (SSSR count). The van der Waals surface area contributed by atoms with Gasteiger partial charge in [0, 0.05) is 5.69 Å². The van der Waals surface area contributed by atoms with Gasteiger partial charge in [-0.15, -0.1) is 0 Å². The Labute approximate surface area is 192 Å². The number of nitrogens with zero attached hydrogens (tertiary/aromatic N) is 1. The number of hydrogen-bond donors (Lipinski definition) is 1. The molecule has 0 unspecified atom stereocenters. The largest absolute Gasteiger partial charge is 0.490 e. The number of anilines is 1. The van der Waals surface area contributed by atoms with Crippen molar-refractivity contribution in [3.8, 4) is 17.6 Å². The molecular weight excluding hydrogens is 524 g/mol. The van der Waals surface area contributed by atoms with Crippen LogP contribution < -0.4 is 14.8 Å². The van der Waals surface area contributed by atoms with Crippen LogP contribution in [0.1, 0.15) is 31.9 Å². The van der Waals surface area contributed by atoms with Crippen molar-refractivity contribution in [2.75, 3.05) is 11.9 Å². The third-order valence-corrected chi connectivity index (χ3v) is 4.61. The van der Waals surface area contributed by atoms with Gasteiger partial charge in [0.2, 0.25) is 0 Å². The Kier molecular flexibility index (Phi) is 8.33. The van der Waals surface area contributed by atoms with Crippen LogP contribution in [0.5, 0.6) is 11.5 Å². The summed E-state index contributed by atoms with van der Waals surface area (Å²) in [6.07, 6.45) is -3.28. The summed E-state index contributed by atoms with van der Waals surface area (Å²) in [5.74, 6) is 0.198. The Balaban J connectivity index is 2.34. The molecule has 0 fully saturated rings. The second kappa shape index (κ2) is 10.5. The highest BCUT2D eigenvalue weighted by Crippen LogP contribution is 2.36. The van der Waals surface area contributed by atoms with Gasteiger partial charge in [0.25, 0.3) is 5.91 Å². The third kappa shape index (κ3) is 6.89. The Morgan fingerprint density at radius 2 is 2.00 bits per heavy atom. The summed E-state index contributed by atoms with van der Waals surface area (Å²) in [4.78, 5) is 12.5. The van der Waals surface area contributed by atoms with Crippen LogP contribution in [-0.4, -0.2) is 18.6 Å². The first-order chi connectivity index (χ1) is 14.5. The van der Waals surface area contributed by atoms with Crippen molar-refractivity contribution in [2.24, 2.45) is 0 Å². The number of nitrogens with one attached hydrogen (secondary N) is 1. The Bertz CT molecular complexity index is 1030. The summed E-state index contributed by atoms with van der Waals surface area (Å²) in [7, 11) is 0. The van der Waals surface area contributed by atoms with Crippen molar-refractivity contribution in [3.63, 3.8) is 0 Å². The summed E-state index contributed by atoms with van der Waals surface area (Å²) in [6, 6.07) is 9.34. The van der Waals surface area contributed by atoms with Crippen LogP contribution in [0.25, 0.3) is 6.08 Å². The van der Waals surface area contributed by atoms with E-state index in [1.54, 1.807) is 18.2 Å². The lowest BCUT2D eigenvalue weighted by molar-refractivity contribution is -0.137. The molecule has 2 aromatic rings. The molecule has 0 spiro atoms. The Morgan fingerprint density at radius 3 is 2.58 bits per heavy atom. The topological polar surface area (TPSA) is 71.3 Å². The first-order valence-corrected chi connectivity index (χ1v) is 10.4. The molecule has 2 aromatic carbocycles. The minimum Gasteiger partial charge on any atom is -0.490 e. The van der Waals surface area contributed by atoms with Gasteiger partial charge < -0.3 is 14.8 Å². The fourth-order valence-electron chi connectivity index (χ4n) is 2.57. The lowest BCUT2D eigenvalue weighted by atomic mass is 10.1. The van der Waals surface area contributed by atoms with Crippen LogP contribution in [0.2, 0.25) is 0 Å². The molecule has 9 heteroatoms. The highest BCUT2D eigenvalue weighted by atomic mass is 127. The molecule has 0 saturated carbocycles. The van der Waals surface area contributed by atoms with E-state index in [-0.39, 0.29) is 17.4 Å². The molecule has 0 aliphatic carbocycles. The van der Waals surface area contributed by atoms with Crippen LogP contribution in [0.15, 0.2) is 42.0 Å². The van der Waals surface area contributed by atoms with Gasteiger partial charge in [-0.1, -0.05) is 6.07 Å². The monoisotopic (exact) mass is 544 g/mol. The summed E-state index contributed by atoms with van der Waals surface area (Å²) >= 11 is 2.07. The van der Waals surface area contributed by atoms with E-state index in [4.69, 9.17) is 9.47 Å². The summed E-state index contributed by atoms with van der Waals surface area (Å²) in [5.41, 5.74) is -0.719. The molecule has 1 N–H and O–H groups in total. The minimum absolute atomic E-state index is 0.0637. The summed E-state index contributed by atoms with van der Waals surface area (Å²) in [5, 5.41) is 11.7. The van der Waals surface area contributed by atoms with E-state index in [1.165, 1.54) is 18.2 Å². The zero-order valence-corrected chi connectivity index (χ0v) is 19.2. The number of hydrogen-bond acceptors (Lipinski definition) is 4. The number of nitriles is 1. The van der Waals surface area contributed by atoms with E-state index in [9.17, 15) is 23.2 Å². The summed E-state index contributed by atoms with van der Waals surface area (Å²) < 4.78 is 50.7. The molecule has 164 valence electrons. The Morgan fingerprint density at radius 1 is 1.29 bits per heavy atom. The van der Waals surface area contributed by atoms with E-state index >= 15 is 0 Å². The maximum atomic E-state index is 12.9. The van der Waals surface area contributed by atoms with Gasteiger partial charge >= 0.3 is 6.18 Å². The van der Waals surface area contributed by atoms with Crippen molar-refractivity contribution in [1.82, 2.24) is 0 Å². The van der Waals surface area contributed by atoms with Crippen LogP contribution in [0, 0.1) is 14.9 Å². The number of ether oxygens (including phenoxy) is 2. The molecule has 0 atom stereocenters. The van der Waals surface area contributed by atoms with Crippen molar-refractivity contribution >= 4 is 40.3 Å². The number of rotatable bonds is 7. The molecule has 5 nitrogen and oxygen atoms in total. The number of amides is 1. The van der Waals surface area contributed by atoms with Gasteiger partial charge in [0.05, 0.1) is 21.8 Å². The molecule has 31 heavy (non-hydrogen) atoms.